The van der Waals surface area contributed by atoms with Crippen LogP contribution in [0.2, 0.25) is 0 Å². The fraction of sp³-hybridized carbons (Fsp3) is 0.0714. The predicted octanol–water partition coefficient (Wildman–Crippen LogP) is 1.41. The Morgan fingerprint density at radius 2 is 1.90 bits per heavy atom. The molecule has 1 aromatic carbocycles. The highest BCUT2D eigenvalue weighted by Gasteiger charge is 2.10. The van der Waals surface area contributed by atoms with Gasteiger partial charge in [-0.1, -0.05) is 30.3 Å². The Morgan fingerprint density at radius 3 is 2.65 bits per heavy atom. The third-order valence-electron chi connectivity index (χ3n) is 2.85. The van der Waals surface area contributed by atoms with Crippen LogP contribution in [0.5, 0.6) is 0 Å². The molecule has 0 fully saturated rings. The van der Waals surface area contributed by atoms with Crippen LogP contribution in [0.25, 0.3) is 11.2 Å². The Bertz CT molecular complexity index is 773. The van der Waals surface area contributed by atoms with Crippen LogP contribution in [-0.4, -0.2) is 26.2 Å². The summed E-state index contributed by atoms with van der Waals surface area (Å²) in [5.41, 5.74) is 8.58. The second kappa shape index (κ2) is 5.00. The van der Waals surface area contributed by atoms with Crippen LogP contribution in [0.1, 0.15) is 21.7 Å². The Morgan fingerprint density at radius 1 is 1.10 bits per heavy atom. The van der Waals surface area contributed by atoms with E-state index in [-0.39, 0.29) is 11.6 Å². The van der Waals surface area contributed by atoms with Gasteiger partial charge in [-0.25, -0.2) is 15.0 Å². The highest BCUT2D eigenvalue weighted by atomic mass is 16.1. The molecule has 0 bridgehead atoms. The minimum absolute atomic E-state index is 0.150. The summed E-state index contributed by atoms with van der Waals surface area (Å²) < 4.78 is 0. The van der Waals surface area contributed by atoms with Gasteiger partial charge in [-0.15, -0.1) is 0 Å². The zero-order valence-corrected chi connectivity index (χ0v) is 10.5. The zero-order valence-electron chi connectivity index (χ0n) is 10.5. The van der Waals surface area contributed by atoms with Gasteiger partial charge < -0.3 is 5.73 Å². The predicted molar refractivity (Wildman–Crippen MR) is 74.2 cm³/mol. The summed E-state index contributed by atoms with van der Waals surface area (Å²) in [5.74, 6) is 0.150. The Balaban J connectivity index is 2.15. The van der Waals surface area contributed by atoms with Crippen molar-refractivity contribution in [1.29, 1.82) is 0 Å². The lowest BCUT2D eigenvalue weighted by Gasteiger charge is -2.06. The summed E-state index contributed by atoms with van der Waals surface area (Å²) in [5, 5.41) is 0. The second-order valence-corrected chi connectivity index (χ2v) is 4.28. The van der Waals surface area contributed by atoms with Gasteiger partial charge in [-0.3, -0.25) is 4.79 Å². The van der Waals surface area contributed by atoms with E-state index >= 15 is 0 Å². The lowest BCUT2D eigenvalue weighted by Crippen LogP contribution is -2.05. The molecule has 3 aromatic rings. The average molecular weight is 265 g/mol. The molecule has 2 heterocycles. The zero-order chi connectivity index (χ0) is 13.9. The van der Waals surface area contributed by atoms with Gasteiger partial charge in [0.05, 0.1) is 11.9 Å². The molecule has 0 aliphatic rings. The molecule has 0 radical (unpaired) electrons. The van der Waals surface area contributed by atoms with Crippen molar-refractivity contribution >= 4 is 23.4 Å². The van der Waals surface area contributed by atoms with Gasteiger partial charge >= 0.3 is 0 Å². The molecule has 98 valence electrons. The summed E-state index contributed by atoms with van der Waals surface area (Å²) in [6, 6.07) is 9.82. The van der Waals surface area contributed by atoms with E-state index in [2.05, 4.69) is 19.9 Å². The first-order valence-corrected chi connectivity index (χ1v) is 6.04. The van der Waals surface area contributed by atoms with Gasteiger partial charge in [-0.2, -0.15) is 4.98 Å². The first kappa shape index (κ1) is 12.2. The van der Waals surface area contributed by atoms with Crippen molar-refractivity contribution in [2.75, 3.05) is 5.73 Å². The number of nitrogens with zero attached hydrogens (tertiary/aromatic N) is 4. The van der Waals surface area contributed by atoms with E-state index in [0.29, 0.717) is 29.6 Å². The number of carbonyl (C=O) groups excluding carboxylic acids is 1. The SMILES string of the molecule is Nc1nc(Cc2ccccc2)c2nc(C=O)cnc2n1. The first-order chi connectivity index (χ1) is 9.76. The number of nitrogen functional groups attached to an aromatic ring is 1. The Hall–Kier alpha value is -2.89. The number of fused-ring (bicyclic) bond motifs is 1. The van der Waals surface area contributed by atoms with E-state index in [9.17, 15) is 4.79 Å². The van der Waals surface area contributed by atoms with Gasteiger partial charge in [0, 0.05) is 6.42 Å². The third kappa shape index (κ3) is 2.31. The van der Waals surface area contributed by atoms with Crippen LogP contribution in [0.15, 0.2) is 36.5 Å². The van der Waals surface area contributed by atoms with Gasteiger partial charge in [0.1, 0.15) is 11.2 Å². The standard InChI is InChI=1S/C14H11N5O/c15-14-18-11(6-9-4-2-1-3-5-9)12-13(19-14)16-7-10(8-20)17-12/h1-5,7-8H,6H2,(H2,15,16,18,19). The van der Waals surface area contributed by atoms with Crippen LogP contribution in [0.3, 0.4) is 0 Å². The van der Waals surface area contributed by atoms with E-state index in [1.54, 1.807) is 0 Å². The molecule has 0 aliphatic heterocycles. The highest BCUT2D eigenvalue weighted by molar-refractivity contribution is 5.79. The monoisotopic (exact) mass is 265 g/mol. The molecule has 0 unspecified atom stereocenters. The molecule has 0 atom stereocenters. The summed E-state index contributed by atoms with van der Waals surface area (Å²) in [6.07, 6.45) is 2.57. The fourth-order valence-corrected chi connectivity index (χ4v) is 1.97. The number of rotatable bonds is 3. The molecule has 20 heavy (non-hydrogen) atoms. The molecule has 0 saturated carbocycles. The average Bonchev–Trinajstić information content (AvgIpc) is 2.48. The number of aromatic nitrogens is 4. The number of hydrogen-bond acceptors (Lipinski definition) is 6. The molecule has 2 N–H and O–H groups in total. The number of hydrogen-bond donors (Lipinski definition) is 1. The summed E-state index contributed by atoms with van der Waals surface area (Å²) in [7, 11) is 0. The first-order valence-electron chi connectivity index (χ1n) is 6.04. The summed E-state index contributed by atoms with van der Waals surface area (Å²) in [6.45, 7) is 0. The second-order valence-electron chi connectivity index (χ2n) is 4.28. The fourth-order valence-electron chi connectivity index (χ4n) is 1.97. The van der Waals surface area contributed by atoms with Gasteiger partial charge in [0.15, 0.2) is 11.9 Å². The normalized spacial score (nSPS) is 10.6. The summed E-state index contributed by atoms with van der Waals surface area (Å²) in [4.78, 5) is 27.4. The van der Waals surface area contributed by atoms with Crippen molar-refractivity contribution in [3.05, 3.63) is 53.5 Å². The van der Waals surface area contributed by atoms with Crippen molar-refractivity contribution in [1.82, 2.24) is 19.9 Å². The maximum atomic E-state index is 10.8. The molecule has 6 nitrogen and oxygen atoms in total. The molecule has 0 spiro atoms. The maximum absolute atomic E-state index is 10.8. The van der Waals surface area contributed by atoms with Gasteiger partial charge in [0.2, 0.25) is 5.95 Å². The van der Waals surface area contributed by atoms with E-state index in [1.807, 2.05) is 30.3 Å². The third-order valence-corrected chi connectivity index (χ3v) is 2.85. The number of anilines is 1. The maximum Gasteiger partial charge on any atom is 0.222 e. The number of aldehydes is 1. The molecular weight excluding hydrogens is 254 g/mol. The number of benzene rings is 1. The van der Waals surface area contributed by atoms with Crippen LogP contribution in [0.4, 0.5) is 5.95 Å². The van der Waals surface area contributed by atoms with Gasteiger partial charge in [-0.05, 0) is 5.56 Å². The largest absolute Gasteiger partial charge is 0.368 e. The molecule has 0 saturated heterocycles. The van der Waals surface area contributed by atoms with Crippen molar-refractivity contribution < 1.29 is 4.79 Å². The van der Waals surface area contributed by atoms with Crippen molar-refractivity contribution in [3.63, 3.8) is 0 Å². The number of nitrogens with two attached hydrogens (primary N) is 1. The van der Waals surface area contributed by atoms with E-state index in [4.69, 9.17) is 5.73 Å². The van der Waals surface area contributed by atoms with Crippen molar-refractivity contribution in [2.24, 2.45) is 0 Å². The molecule has 0 aliphatic carbocycles. The Labute approximate surface area is 114 Å². The molecular formula is C14H11N5O. The summed E-state index contributed by atoms with van der Waals surface area (Å²) >= 11 is 0. The minimum Gasteiger partial charge on any atom is -0.368 e. The molecule has 6 heteroatoms. The van der Waals surface area contributed by atoms with Crippen LogP contribution < -0.4 is 5.73 Å². The topological polar surface area (TPSA) is 94.7 Å². The smallest absolute Gasteiger partial charge is 0.222 e. The van der Waals surface area contributed by atoms with Gasteiger partial charge in [0.25, 0.3) is 0 Å². The molecule has 0 amide bonds. The van der Waals surface area contributed by atoms with Crippen LogP contribution in [-0.2, 0) is 6.42 Å². The lowest BCUT2D eigenvalue weighted by molar-refractivity contribution is 0.111. The van der Waals surface area contributed by atoms with E-state index < -0.39 is 0 Å². The van der Waals surface area contributed by atoms with Crippen molar-refractivity contribution in [3.8, 4) is 0 Å². The molecule has 3 rings (SSSR count). The highest BCUT2D eigenvalue weighted by Crippen LogP contribution is 2.16. The van der Waals surface area contributed by atoms with Crippen LogP contribution >= 0.6 is 0 Å². The minimum atomic E-state index is 0.150. The van der Waals surface area contributed by atoms with Crippen LogP contribution in [0, 0.1) is 0 Å². The van der Waals surface area contributed by atoms with E-state index in [1.165, 1.54) is 6.20 Å². The van der Waals surface area contributed by atoms with Crippen molar-refractivity contribution in [2.45, 2.75) is 6.42 Å². The molecule has 2 aromatic heterocycles. The lowest BCUT2D eigenvalue weighted by atomic mass is 10.1. The van der Waals surface area contributed by atoms with E-state index in [0.717, 1.165) is 5.56 Å². The number of carbonyl (C=O) groups is 1. The Kier molecular flexibility index (Phi) is 3.04. The quantitative estimate of drug-likeness (QED) is 0.719.